The molecule has 17 heavy (non-hydrogen) atoms. The van der Waals surface area contributed by atoms with Crippen LogP contribution in [-0.4, -0.2) is 11.4 Å². The number of carbonyl (C=O) groups is 1. The zero-order valence-electron chi connectivity index (χ0n) is 9.30. The van der Waals surface area contributed by atoms with Gasteiger partial charge >= 0.3 is 0 Å². The quantitative estimate of drug-likeness (QED) is 0.902. The Kier molecular flexibility index (Phi) is 3.49. The molecule has 1 amide bonds. The van der Waals surface area contributed by atoms with Gasteiger partial charge in [-0.05, 0) is 53.4 Å². The highest BCUT2D eigenvalue weighted by Crippen LogP contribution is 2.32. The first-order valence-corrected chi connectivity index (χ1v) is 6.32. The van der Waals surface area contributed by atoms with Crippen molar-refractivity contribution in [3.05, 3.63) is 28.5 Å². The average Bonchev–Trinajstić information content (AvgIpc) is 2.21. The van der Waals surface area contributed by atoms with E-state index < -0.39 is 0 Å². The molecule has 0 radical (unpaired) electrons. The molecule has 1 saturated carbocycles. The van der Waals surface area contributed by atoms with Gasteiger partial charge in [0.25, 0.3) is 0 Å². The SMILES string of the molecule is NC1(CC(=O)Nc2ccc(F)c(Br)c2)CCC1. The maximum atomic E-state index is 13.0. The number of nitrogens with two attached hydrogens (primary N) is 1. The van der Waals surface area contributed by atoms with Crippen molar-refractivity contribution in [2.24, 2.45) is 5.73 Å². The monoisotopic (exact) mass is 300 g/mol. The number of hydrogen-bond acceptors (Lipinski definition) is 2. The Morgan fingerprint density at radius 2 is 2.24 bits per heavy atom. The lowest BCUT2D eigenvalue weighted by Crippen LogP contribution is -2.48. The van der Waals surface area contributed by atoms with Crippen LogP contribution in [0.5, 0.6) is 0 Å². The predicted octanol–water partition coefficient (Wildman–Crippen LogP) is 2.80. The molecule has 1 aromatic carbocycles. The van der Waals surface area contributed by atoms with Crippen LogP contribution >= 0.6 is 15.9 Å². The summed E-state index contributed by atoms with van der Waals surface area (Å²) in [5, 5.41) is 2.72. The third-order valence-electron chi connectivity index (χ3n) is 3.07. The van der Waals surface area contributed by atoms with Crippen LogP contribution in [0.25, 0.3) is 0 Å². The first kappa shape index (κ1) is 12.5. The number of rotatable bonds is 3. The molecule has 5 heteroatoms. The van der Waals surface area contributed by atoms with Gasteiger partial charge in [-0.3, -0.25) is 4.79 Å². The molecule has 2 rings (SSSR count). The van der Waals surface area contributed by atoms with E-state index in [1.807, 2.05) is 0 Å². The molecule has 0 atom stereocenters. The molecular weight excluding hydrogens is 287 g/mol. The highest BCUT2D eigenvalue weighted by atomic mass is 79.9. The van der Waals surface area contributed by atoms with Crippen LogP contribution in [0, 0.1) is 5.82 Å². The van der Waals surface area contributed by atoms with E-state index in [0.717, 1.165) is 19.3 Å². The highest BCUT2D eigenvalue weighted by molar-refractivity contribution is 9.10. The molecule has 0 spiro atoms. The molecule has 1 fully saturated rings. The molecule has 0 aliphatic heterocycles. The number of halogens is 2. The maximum Gasteiger partial charge on any atom is 0.226 e. The van der Waals surface area contributed by atoms with Crippen molar-refractivity contribution in [3.63, 3.8) is 0 Å². The Morgan fingerprint density at radius 1 is 1.53 bits per heavy atom. The zero-order chi connectivity index (χ0) is 12.5. The van der Waals surface area contributed by atoms with Crippen LogP contribution in [0.15, 0.2) is 22.7 Å². The number of amides is 1. The molecule has 0 aromatic heterocycles. The highest BCUT2D eigenvalue weighted by Gasteiger charge is 2.34. The molecule has 0 heterocycles. The third kappa shape index (κ3) is 3.04. The van der Waals surface area contributed by atoms with Gasteiger partial charge in [-0.2, -0.15) is 0 Å². The fraction of sp³-hybridized carbons (Fsp3) is 0.417. The topological polar surface area (TPSA) is 55.1 Å². The van der Waals surface area contributed by atoms with Gasteiger partial charge in [0.2, 0.25) is 5.91 Å². The van der Waals surface area contributed by atoms with Gasteiger partial charge in [-0.15, -0.1) is 0 Å². The molecule has 0 saturated heterocycles. The number of carbonyl (C=O) groups excluding carboxylic acids is 1. The van der Waals surface area contributed by atoms with Crippen LogP contribution in [0.1, 0.15) is 25.7 Å². The fourth-order valence-electron chi connectivity index (χ4n) is 1.91. The standard InChI is InChI=1S/C12H14BrFN2O/c13-9-6-8(2-3-10(9)14)16-11(17)7-12(15)4-1-5-12/h2-3,6H,1,4-5,7,15H2,(H,16,17). The Labute approximate surface area is 108 Å². The van der Waals surface area contributed by atoms with Crippen molar-refractivity contribution in [3.8, 4) is 0 Å². The maximum absolute atomic E-state index is 13.0. The zero-order valence-corrected chi connectivity index (χ0v) is 10.9. The first-order valence-electron chi connectivity index (χ1n) is 5.52. The van der Waals surface area contributed by atoms with E-state index in [4.69, 9.17) is 5.73 Å². The molecule has 1 aliphatic carbocycles. The summed E-state index contributed by atoms with van der Waals surface area (Å²) in [6.07, 6.45) is 3.20. The molecular formula is C12H14BrFN2O. The normalized spacial score (nSPS) is 17.4. The largest absolute Gasteiger partial charge is 0.326 e. The third-order valence-corrected chi connectivity index (χ3v) is 3.67. The van der Waals surface area contributed by atoms with E-state index in [0.29, 0.717) is 16.6 Å². The molecule has 1 aromatic rings. The first-order chi connectivity index (χ1) is 7.98. The summed E-state index contributed by atoms with van der Waals surface area (Å²) in [6.45, 7) is 0. The van der Waals surface area contributed by atoms with Gasteiger partial charge in [-0.25, -0.2) is 4.39 Å². The summed E-state index contributed by atoms with van der Waals surface area (Å²) in [5.74, 6) is -0.469. The number of benzene rings is 1. The smallest absolute Gasteiger partial charge is 0.226 e. The van der Waals surface area contributed by atoms with Crippen molar-refractivity contribution < 1.29 is 9.18 Å². The lowest BCUT2D eigenvalue weighted by molar-refractivity contribution is -0.118. The van der Waals surface area contributed by atoms with Crippen molar-refractivity contribution >= 4 is 27.5 Å². The van der Waals surface area contributed by atoms with Gasteiger partial charge in [-0.1, -0.05) is 0 Å². The van der Waals surface area contributed by atoms with E-state index >= 15 is 0 Å². The number of anilines is 1. The van der Waals surface area contributed by atoms with E-state index in [1.165, 1.54) is 18.2 Å². The Balaban J connectivity index is 1.95. The van der Waals surface area contributed by atoms with Crippen molar-refractivity contribution in [1.82, 2.24) is 0 Å². The predicted molar refractivity (Wildman–Crippen MR) is 68.1 cm³/mol. The summed E-state index contributed by atoms with van der Waals surface area (Å²) in [4.78, 5) is 11.7. The van der Waals surface area contributed by atoms with E-state index in [1.54, 1.807) is 0 Å². The van der Waals surface area contributed by atoms with Crippen LogP contribution in [-0.2, 0) is 4.79 Å². The Morgan fingerprint density at radius 3 is 2.76 bits per heavy atom. The number of hydrogen-bond donors (Lipinski definition) is 2. The average molecular weight is 301 g/mol. The second kappa shape index (κ2) is 4.74. The van der Waals surface area contributed by atoms with Gasteiger partial charge < -0.3 is 11.1 Å². The minimum absolute atomic E-state index is 0.120. The van der Waals surface area contributed by atoms with Crippen molar-refractivity contribution in [1.29, 1.82) is 0 Å². The second-order valence-electron chi connectivity index (χ2n) is 4.57. The summed E-state index contributed by atoms with van der Waals surface area (Å²) in [7, 11) is 0. The number of nitrogens with one attached hydrogen (secondary N) is 1. The second-order valence-corrected chi connectivity index (χ2v) is 5.42. The lowest BCUT2D eigenvalue weighted by Gasteiger charge is -2.37. The van der Waals surface area contributed by atoms with E-state index in [2.05, 4.69) is 21.2 Å². The van der Waals surface area contributed by atoms with E-state index in [-0.39, 0.29) is 17.3 Å². The van der Waals surface area contributed by atoms with Crippen LogP contribution in [0.2, 0.25) is 0 Å². The molecule has 0 unspecified atom stereocenters. The van der Waals surface area contributed by atoms with Gasteiger partial charge in [0.05, 0.1) is 4.47 Å². The van der Waals surface area contributed by atoms with E-state index in [9.17, 15) is 9.18 Å². The Bertz CT molecular complexity index is 446. The van der Waals surface area contributed by atoms with Gasteiger partial charge in [0.1, 0.15) is 5.82 Å². The van der Waals surface area contributed by atoms with Gasteiger partial charge in [0.15, 0.2) is 0 Å². The summed E-state index contributed by atoms with van der Waals surface area (Å²) >= 11 is 3.07. The summed E-state index contributed by atoms with van der Waals surface area (Å²) < 4.78 is 13.3. The molecule has 0 bridgehead atoms. The summed E-state index contributed by atoms with van der Waals surface area (Å²) in [5.41, 5.74) is 6.22. The van der Waals surface area contributed by atoms with Crippen LogP contribution in [0.4, 0.5) is 10.1 Å². The summed E-state index contributed by atoms with van der Waals surface area (Å²) in [6, 6.07) is 4.38. The van der Waals surface area contributed by atoms with Crippen molar-refractivity contribution in [2.45, 2.75) is 31.2 Å². The lowest BCUT2D eigenvalue weighted by atomic mass is 9.75. The fourth-order valence-corrected chi connectivity index (χ4v) is 2.29. The molecule has 1 aliphatic rings. The van der Waals surface area contributed by atoms with Crippen molar-refractivity contribution in [2.75, 3.05) is 5.32 Å². The molecule has 3 nitrogen and oxygen atoms in total. The molecule has 92 valence electrons. The molecule has 3 N–H and O–H groups in total. The van der Waals surface area contributed by atoms with Crippen LogP contribution < -0.4 is 11.1 Å². The van der Waals surface area contributed by atoms with Crippen LogP contribution in [0.3, 0.4) is 0 Å². The Hall–Kier alpha value is -0.940. The minimum Gasteiger partial charge on any atom is -0.326 e. The minimum atomic E-state index is -0.350. The van der Waals surface area contributed by atoms with Gasteiger partial charge in [0, 0.05) is 17.6 Å².